The molecule has 1 amide bonds. The van der Waals surface area contributed by atoms with Gasteiger partial charge in [-0.3, -0.25) is 4.79 Å². The van der Waals surface area contributed by atoms with Crippen molar-refractivity contribution in [3.05, 3.63) is 41.0 Å². The van der Waals surface area contributed by atoms with Gasteiger partial charge in [0.2, 0.25) is 5.91 Å². The van der Waals surface area contributed by atoms with Crippen molar-refractivity contribution in [2.75, 3.05) is 6.54 Å². The van der Waals surface area contributed by atoms with Crippen LogP contribution in [0.25, 0.3) is 6.08 Å². The van der Waals surface area contributed by atoms with E-state index < -0.39 is 12.0 Å². The maximum atomic E-state index is 12.2. The number of aryl methyl sites for hydroxylation is 2. The Labute approximate surface area is 125 Å². The zero-order chi connectivity index (χ0) is 15.4. The van der Waals surface area contributed by atoms with Gasteiger partial charge in [-0.05, 0) is 50.3 Å². The van der Waals surface area contributed by atoms with Crippen molar-refractivity contribution in [3.8, 4) is 0 Å². The van der Waals surface area contributed by atoms with E-state index in [0.29, 0.717) is 13.0 Å². The van der Waals surface area contributed by atoms with Crippen LogP contribution in [-0.2, 0) is 9.59 Å². The predicted octanol–water partition coefficient (Wildman–Crippen LogP) is 2.78. The average Bonchev–Trinajstić information content (AvgIpc) is 2.46. The fourth-order valence-corrected chi connectivity index (χ4v) is 2.72. The van der Waals surface area contributed by atoms with Gasteiger partial charge in [0, 0.05) is 12.6 Å². The van der Waals surface area contributed by atoms with Crippen molar-refractivity contribution in [3.63, 3.8) is 0 Å². The molecule has 1 saturated heterocycles. The summed E-state index contributed by atoms with van der Waals surface area (Å²) in [5, 5.41) is 9.20. The topological polar surface area (TPSA) is 57.6 Å². The van der Waals surface area contributed by atoms with E-state index in [4.69, 9.17) is 0 Å². The van der Waals surface area contributed by atoms with E-state index in [1.807, 2.05) is 26.0 Å². The number of piperidine rings is 1. The number of benzene rings is 1. The lowest BCUT2D eigenvalue weighted by Gasteiger charge is -2.32. The second-order valence-corrected chi connectivity index (χ2v) is 5.57. The van der Waals surface area contributed by atoms with Crippen LogP contribution in [-0.4, -0.2) is 34.5 Å². The fourth-order valence-electron chi connectivity index (χ4n) is 2.72. The third kappa shape index (κ3) is 3.72. The molecule has 1 aliphatic heterocycles. The van der Waals surface area contributed by atoms with Gasteiger partial charge < -0.3 is 10.0 Å². The quantitative estimate of drug-likeness (QED) is 0.870. The number of amides is 1. The maximum Gasteiger partial charge on any atom is 0.326 e. The first-order valence-electron chi connectivity index (χ1n) is 7.28. The van der Waals surface area contributed by atoms with Crippen molar-refractivity contribution in [2.24, 2.45) is 0 Å². The number of hydrogen-bond acceptors (Lipinski definition) is 2. The summed E-state index contributed by atoms with van der Waals surface area (Å²) in [7, 11) is 0. The number of nitrogens with zero attached hydrogens (tertiary/aromatic N) is 1. The normalized spacial score (nSPS) is 19.0. The Bertz CT molecular complexity index is 577. The molecule has 1 heterocycles. The van der Waals surface area contributed by atoms with E-state index in [1.54, 1.807) is 6.08 Å². The van der Waals surface area contributed by atoms with Crippen LogP contribution < -0.4 is 0 Å². The summed E-state index contributed by atoms with van der Waals surface area (Å²) in [5.74, 6) is -1.13. The Morgan fingerprint density at radius 1 is 1.29 bits per heavy atom. The predicted molar refractivity (Wildman–Crippen MR) is 81.9 cm³/mol. The van der Waals surface area contributed by atoms with E-state index in [1.165, 1.54) is 16.5 Å². The van der Waals surface area contributed by atoms with Crippen LogP contribution in [0.2, 0.25) is 0 Å². The number of likely N-dealkylation sites (tertiary alicyclic amines) is 1. The van der Waals surface area contributed by atoms with E-state index in [2.05, 4.69) is 6.07 Å². The van der Waals surface area contributed by atoms with Crippen LogP contribution in [0.4, 0.5) is 0 Å². The highest BCUT2D eigenvalue weighted by molar-refractivity contribution is 5.94. The van der Waals surface area contributed by atoms with Gasteiger partial charge in [0.15, 0.2) is 0 Å². The first-order valence-corrected chi connectivity index (χ1v) is 7.28. The summed E-state index contributed by atoms with van der Waals surface area (Å²) in [4.78, 5) is 24.9. The molecule has 1 aromatic carbocycles. The number of rotatable bonds is 3. The lowest BCUT2D eigenvalue weighted by atomic mass is 10.0. The number of carboxylic acid groups (broad SMARTS) is 1. The van der Waals surface area contributed by atoms with Crippen LogP contribution in [0.3, 0.4) is 0 Å². The summed E-state index contributed by atoms with van der Waals surface area (Å²) in [6.45, 7) is 4.54. The molecule has 0 aliphatic carbocycles. The highest BCUT2D eigenvalue weighted by atomic mass is 16.4. The third-order valence-corrected chi connectivity index (χ3v) is 3.90. The first kappa shape index (κ1) is 15.3. The van der Waals surface area contributed by atoms with Crippen LogP contribution >= 0.6 is 0 Å². The molecule has 0 unspecified atom stereocenters. The summed E-state index contributed by atoms with van der Waals surface area (Å²) >= 11 is 0. The minimum Gasteiger partial charge on any atom is -0.480 e. The van der Waals surface area contributed by atoms with Gasteiger partial charge in [-0.1, -0.05) is 23.8 Å². The highest BCUT2D eigenvalue weighted by Crippen LogP contribution is 2.18. The first-order chi connectivity index (χ1) is 9.99. The molecule has 4 heteroatoms. The summed E-state index contributed by atoms with van der Waals surface area (Å²) < 4.78 is 0. The van der Waals surface area contributed by atoms with Gasteiger partial charge >= 0.3 is 5.97 Å². The standard InChI is InChI=1S/C17H21NO3/c1-12-6-7-14(13(2)11-12)8-9-16(19)18-10-4-3-5-15(18)17(20)21/h6-9,11,15H,3-5,10H2,1-2H3,(H,20,21)/t15-/m1/s1. The summed E-state index contributed by atoms with van der Waals surface area (Å²) in [5.41, 5.74) is 3.27. The smallest absolute Gasteiger partial charge is 0.326 e. The second-order valence-electron chi connectivity index (χ2n) is 5.57. The molecule has 0 spiro atoms. The van der Waals surface area contributed by atoms with Crippen molar-refractivity contribution < 1.29 is 14.7 Å². The Hall–Kier alpha value is -2.10. The molecule has 21 heavy (non-hydrogen) atoms. The van der Waals surface area contributed by atoms with Gasteiger partial charge in [0.05, 0.1) is 0 Å². The van der Waals surface area contributed by atoms with E-state index >= 15 is 0 Å². The minimum atomic E-state index is -0.914. The fraction of sp³-hybridized carbons (Fsp3) is 0.412. The third-order valence-electron chi connectivity index (χ3n) is 3.90. The van der Waals surface area contributed by atoms with E-state index in [-0.39, 0.29) is 5.91 Å². The molecule has 1 N–H and O–H groups in total. The van der Waals surface area contributed by atoms with Crippen LogP contribution in [0.1, 0.15) is 36.0 Å². The minimum absolute atomic E-state index is 0.220. The molecule has 4 nitrogen and oxygen atoms in total. The van der Waals surface area contributed by atoms with Gasteiger partial charge in [-0.25, -0.2) is 4.79 Å². The Balaban J connectivity index is 2.12. The molecule has 2 rings (SSSR count). The molecular formula is C17H21NO3. The van der Waals surface area contributed by atoms with Crippen LogP contribution in [0.15, 0.2) is 24.3 Å². The van der Waals surface area contributed by atoms with Crippen molar-refractivity contribution in [2.45, 2.75) is 39.2 Å². The lowest BCUT2D eigenvalue weighted by molar-refractivity contribution is -0.150. The summed E-state index contributed by atoms with van der Waals surface area (Å²) in [6.07, 6.45) is 5.52. The van der Waals surface area contributed by atoms with Crippen LogP contribution in [0.5, 0.6) is 0 Å². The SMILES string of the molecule is Cc1ccc(C=CC(=O)N2CCCC[C@@H]2C(=O)O)c(C)c1. The Morgan fingerprint density at radius 3 is 2.71 bits per heavy atom. The maximum absolute atomic E-state index is 12.2. The van der Waals surface area contributed by atoms with Crippen molar-refractivity contribution in [1.82, 2.24) is 4.90 Å². The van der Waals surface area contributed by atoms with Crippen molar-refractivity contribution >= 4 is 18.0 Å². The van der Waals surface area contributed by atoms with Gasteiger partial charge in [0.25, 0.3) is 0 Å². The van der Waals surface area contributed by atoms with E-state index in [9.17, 15) is 14.7 Å². The molecule has 0 radical (unpaired) electrons. The number of carboxylic acids is 1. The number of carbonyl (C=O) groups excluding carboxylic acids is 1. The molecule has 1 fully saturated rings. The number of aliphatic carboxylic acids is 1. The Morgan fingerprint density at radius 2 is 2.05 bits per heavy atom. The molecule has 1 aliphatic rings. The van der Waals surface area contributed by atoms with E-state index in [0.717, 1.165) is 24.0 Å². The molecule has 1 aromatic rings. The monoisotopic (exact) mass is 287 g/mol. The number of carbonyl (C=O) groups is 2. The average molecular weight is 287 g/mol. The largest absolute Gasteiger partial charge is 0.480 e. The van der Waals surface area contributed by atoms with Crippen LogP contribution in [0, 0.1) is 13.8 Å². The second kappa shape index (κ2) is 6.57. The highest BCUT2D eigenvalue weighted by Gasteiger charge is 2.30. The van der Waals surface area contributed by atoms with Gasteiger partial charge in [-0.2, -0.15) is 0 Å². The lowest BCUT2D eigenvalue weighted by Crippen LogP contribution is -2.47. The Kier molecular flexibility index (Phi) is 4.78. The molecular weight excluding hydrogens is 266 g/mol. The zero-order valence-electron chi connectivity index (χ0n) is 12.5. The van der Waals surface area contributed by atoms with Gasteiger partial charge in [0.1, 0.15) is 6.04 Å². The summed E-state index contributed by atoms with van der Waals surface area (Å²) in [6, 6.07) is 5.35. The molecule has 0 bridgehead atoms. The number of hydrogen-bond donors (Lipinski definition) is 1. The van der Waals surface area contributed by atoms with Crippen molar-refractivity contribution in [1.29, 1.82) is 0 Å². The molecule has 0 saturated carbocycles. The molecule has 112 valence electrons. The zero-order valence-corrected chi connectivity index (χ0v) is 12.5. The molecule has 0 aromatic heterocycles. The van der Waals surface area contributed by atoms with Gasteiger partial charge in [-0.15, -0.1) is 0 Å². The molecule has 1 atom stereocenters.